The van der Waals surface area contributed by atoms with Crippen molar-refractivity contribution in [2.24, 2.45) is 9.98 Å². The zero-order valence-corrected chi connectivity index (χ0v) is 12.5. The van der Waals surface area contributed by atoms with Gasteiger partial charge < -0.3 is 5.73 Å². The summed E-state index contributed by atoms with van der Waals surface area (Å²) in [6.45, 7) is 0. The first-order valence-electron chi connectivity index (χ1n) is 7.24. The minimum Gasteiger partial charge on any atom is -0.395 e. The third kappa shape index (κ3) is 3.89. The molecule has 0 saturated heterocycles. The lowest BCUT2D eigenvalue weighted by molar-refractivity contribution is 1.29. The van der Waals surface area contributed by atoms with E-state index < -0.39 is 0 Å². The molecule has 3 aromatic rings. The van der Waals surface area contributed by atoms with E-state index in [0.717, 1.165) is 11.1 Å². The minimum absolute atomic E-state index is 0.513. The maximum Gasteiger partial charge on any atom is 0.106 e. The first kappa shape index (κ1) is 14.7. The van der Waals surface area contributed by atoms with E-state index in [1.807, 2.05) is 60.7 Å². The Bertz CT molecular complexity index is 757. The number of aromatic nitrogens is 1. The van der Waals surface area contributed by atoms with Crippen molar-refractivity contribution in [2.75, 3.05) is 5.73 Å². The molecule has 4 nitrogen and oxygen atoms in total. The molecule has 1 heterocycles. The van der Waals surface area contributed by atoms with Crippen LogP contribution >= 0.6 is 0 Å². The van der Waals surface area contributed by atoms with Crippen LogP contribution in [0, 0.1) is 0 Å². The molecule has 0 radical (unpaired) electrons. The van der Waals surface area contributed by atoms with Gasteiger partial charge in [-0.1, -0.05) is 60.7 Å². The molecule has 0 bridgehead atoms. The van der Waals surface area contributed by atoms with Gasteiger partial charge in [0.1, 0.15) is 11.4 Å². The van der Waals surface area contributed by atoms with Gasteiger partial charge in [0.25, 0.3) is 0 Å². The van der Waals surface area contributed by atoms with Crippen LogP contribution in [0.4, 0.5) is 17.1 Å². The highest BCUT2D eigenvalue weighted by molar-refractivity contribution is 5.88. The highest BCUT2D eigenvalue weighted by Crippen LogP contribution is 2.30. The van der Waals surface area contributed by atoms with Gasteiger partial charge in [-0.2, -0.15) is 0 Å². The zero-order chi connectivity index (χ0) is 15.9. The summed E-state index contributed by atoms with van der Waals surface area (Å²) in [5.74, 6) is 0. The van der Waals surface area contributed by atoms with Gasteiger partial charge in [0.15, 0.2) is 0 Å². The third-order valence-electron chi connectivity index (χ3n) is 3.25. The maximum absolute atomic E-state index is 6.14. The summed E-state index contributed by atoms with van der Waals surface area (Å²) in [6, 6.07) is 19.7. The second kappa shape index (κ2) is 7.13. The van der Waals surface area contributed by atoms with Gasteiger partial charge in [-0.3, -0.25) is 15.0 Å². The average molecular weight is 300 g/mol. The molecule has 0 saturated carbocycles. The lowest BCUT2D eigenvalue weighted by Gasteiger charge is -2.03. The molecule has 4 heteroatoms. The predicted octanol–water partition coefficient (Wildman–Crippen LogP) is 4.17. The molecular weight excluding hydrogens is 284 g/mol. The van der Waals surface area contributed by atoms with Crippen LogP contribution in [0.1, 0.15) is 11.1 Å². The van der Waals surface area contributed by atoms with E-state index in [9.17, 15) is 0 Å². The first-order chi connectivity index (χ1) is 11.3. The molecule has 0 aliphatic carbocycles. The van der Waals surface area contributed by atoms with Gasteiger partial charge in [-0.15, -0.1) is 0 Å². The van der Waals surface area contributed by atoms with Gasteiger partial charge in [0.05, 0.1) is 18.1 Å². The topological polar surface area (TPSA) is 63.6 Å². The van der Waals surface area contributed by atoms with E-state index in [2.05, 4.69) is 15.0 Å². The van der Waals surface area contributed by atoms with Crippen molar-refractivity contribution in [3.05, 3.63) is 84.2 Å². The van der Waals surface area contributed by atoms with E-state index in [1.165, 1.54) is 0 Å². The van der Waals surface area contributed by atoms with Gasteiger partial charge in [0.2, 0.25) is 0 Å². The number of pyridine rings is 1. The summed E-state index contributed by atoms with van der Waals surface area (Å²) < 4.78 is 0. The van der Waals surface area contributed by atoms with Crippen LogP contribution in [0.15, 0.2) is 83.0 Å². The minimum atomic E-state index is 0.513. The van der Waals surface area contributed by atoms with Crippen molar-refractivity contribution in [2.45, 2.75) is 0 Å². The Morgan fingerprint density at radius 2 is 1.13 bits per heavy atom. The lowest BCUT2D eigenvalue weighted by atomic mass is 10.2. The fraction of sp³-hybridized carbons (Fsp3) is 0. The summed E-state index contributed by atoms with van der Waals surface area (Å²) in [5.41, 5.74) is 9.88. The average Bonchev–Trinajstić information content (AvgIpc) is 2.61. The lowest BCUT2D eigenvalue weighted by Crippen LogP contribution is -1.89. The maximum atomic E-state index is 6.14. The molecule has 0 spiro atoms. The summed E-state index contributed by atoms with van der Waals surface area (Å²) in [6.07, 6.45) is 6.79. The fourth-order valence-electron chi connectivity index (χ4n) is 2.02. The molecule has 0 atom stereocenters. The Labute approximate surface area is 135 Å². The van der Waals surface area contributed by atoms with Crippen LogP contribution in [0.5, 0.6) is 0 Å². The smallest absolute Gasteiger partial charge is 0.106 e. The Morgan fingerprint density at radius 3 is 1.57 bits per heavy atom. The predicted molar refractivity (Wildman–Crippen MR) is 96.0 cm³/mol. The highest BCUT2D eigenvalue weighted by atomic mass is 14.9. The Morgan fingerprint density at radius 1 is 0.696 bits per heavy atom. The third-order valence-corrected chi connectivity index (χ3v) is 3.25. The van der Waals surface area contributed by atoms with Gasteiger partial charge in [0, 0.05) is 12.4 Å². The summed E-state index contributed by atoms with van der Waals surface area (Å²) >= 11 is 0. The molecule has 0 unspecified atom stereocenters. The molecule has 0 amide bonds. The van der Waals surface area contributed by atoms with Crippen molar-refractivity contribution in [1.29, 1.82) is 0 Å². The monoisotopic (exact) mass is 300 g/mol. The molecular formula is C19H16N4. The van der Waals surface area contributed by atoms with E-state index in [1.54, 1.807) is 24.8 Å². The van der Waals surface area contributed by atoms with Gasteiger partial charge >= 0.3 is 0 Å². The molecule has 1 aromatic heterocycles. The molecule has 23 heavy (non-hydrogen) atoms. The zero-order valence-electron chi connectivity index (χ0n) is 12.5. The number of nitrogens with zero attached hydrogens (tertiary/aromatic N) is 3. The first-order valence-corrected chi connectivity index (χ1v) is 7.24. The molecule has 0 aliphatic heterocycles. The molecule has 0 aliphatic rings. The van der Waals surface area contributed by atoms with Crippen molar-refractivity contribution in [3.63, 3.8) is 0 Å². The number of hydrogen-bond donors (Lipinski definition) is 1. The fourth-order valence-corrected chi connectivity index (χ4v) is 2.02. The number of aliphatic imine (C=N–C) groups is 2. The van der Waals surface area contributed by atoms with Crippen molar-refractivity contribution >= 4 is 29.5 Å². The summed E-state index contributed by atoms with van der Waals surface area (Å²) in [4.78, 5) is 13.0. The second-order valence-corrected chi connectivity index (χ2v) is 4.93. The van der Waals surface area contributed by atoms with Crippen LogP contribution in [0.3, 0.4) is 0 Å². The van der Waals surface area contributed by atoms with Crippen molar-refractivity contribution in [1.82, 2.24) is 4.98 Å². The van der Waals surface area contributed by atoms with Crippen LogP contribution in [-0.4, -0.2) is 17.4 Å². The van der Waals surface area contributed by atoms with E-state index in [-0.39, 0.29) is 0 Å². The SMILES string of the molecule is Nc1c(N=Cc2ccccc2)cncc1N=Cc1ccccc1. The van der Waals surface area contributed by atoms with Crippen LogP contribution in [0.25, 0.3) is 0 Å². The highest BCUT2D eigenvalue weighted by Gasteiger charge is 2.03. The Kier molecular flexibility index (Phi) is 4.55. The molecule has 112 valence electrons. The number of nitrogens with two attached hydrogens (primary N) is 1. The van der Waals surface area contributed by atoms with Gasteiger partial charge in [-0.25, -0.2) is 0 Å². The quantitative estimate of drug-likeness (QED) is 0.735. The van der Waals surface area contributed by atoms with Crippen molar-refractivity contribution < 1.29 is 0 Å². The van der Waals surface area contributed by atoms with Crippen LogP contribution < -0.4 is 5.73 Å². The number of rotatable bonds is 4. The molecule has 0 fully saturated rings. The number of benzene rings is 2. The number of nitrogen functional groups attached to an aromatic ring is 1. The molecule has 2 N–H and O–H groups in total. The molecule has 3 rings (SSSR count). The Balaban J connectivity index is 1.84. The summed E-state index contributed by atoms with van der Waals surface area (Å²) in [5, 5.41) is 0. The van der Waals surface area contributed by atoms with E-state index in [4.69, 9.17) is 5.73 Å². The second-order valence-electron chi connectivity index (χ2n) is 4.93. The Hall–Kier alpha value is -3.27. The van der Waals surface area contributed by atoms with Gasteiger partial charge in [-0.05, 0) is 11.1 Å². The normalized spacial score (nSPS) is 11.3. The number of hydrogen-bond acceptors (Lipinski definition) is 4. The molecule has 2 aromatic carbocycles. The van der Waals surface area contributed by atoms with Crippen LogP contribution in [0.2, 0.25) is 0 Å². The van der Waals surface area contributed by atoms with E-state index >= 15 is 0 Å². The largest absolute Gasteiger partial charge is 0.395 e. The van der Waals surface area contributed by atoms with E-state index in [0.29, 0.717) is 17.1 Å². The van der Waals surface area contributed by atoms with Crippen LogP contribution in [-0.2, 0) is 0 Å². The number of anilines is 1. The standard InChI is InChI=1S/C19H16N4/c20-19-17(22-11-15-7-3-1-4-8-15)13-21-14-18(19)23-12-16-9-5-2-6-10-16/h1-14H,(H2,20,21). The summed E-state index contributed by atoms with van der Waals surface area (Å²) in [7, 11) is 0. The van der Waals surface area contributed by atoms with Crippen molar-refractivity contribution in [3.8, 4) is 0 Å².